The van der Waals surface area contributed by atoms with Gasteiger partial charge >= 0.3 is 0 Å². The summed E-state index contributed by atoms with van der Waals surface area (Å²) in [5.41, 5.74) is 1.32. The number of halogens is 1. The predicted molar refractivity (Wildman–Crippen MR) is 57.4 cm³/mol. The molecule has 2 rings (SSSR count). The van der Waals surface area contributed by atoms with E-state index >= 15 is 0 Å². The first-order chi connectivity index (χ1) is 7.38. The van der Waals surface area contributed by atoms with Gasteiger partial charge in [0, 0.05) is 19.6 Å². The minimum absolute atomic E-state index is 0.240. The molecule has 0 aromatic heterocycles. The van der Waals surface area contributed by atoms with Gasteiger partial charge in [0.2, 0.25) is 0 Å². The molecular weight excluding hydrogens is 193 g/mol. The Morgan fingerprint density at radius 2 is 2.00 bits per heavy atom. The van der Waals surface area contributed by atoms with Crippen molar-refractivity contribution in [3.8, 4) is 0 Å². The van der Waals surface area contributed by atoms with E-state index in [4.69, 9.17) is 4.74 Å². The third-order valence-corrected chi connectivity index (χ3v) is 2.60. The van der Waals surface area contributed by atoms with Crippen LogP contribution in [0.5, 0.6) is 0 Å². The van der Waals surface area contributed by atoms with Gasteiger partial charge in [0.05, 0.1) is 12.7 Å². The van der Waals surface area contributed by atoms with Crippen molar-refractivity contribution in [2.24, 2.45) is 0 Å². The van der Waals surface area contributed by atoms with Gasteiger partial charge < -0.3 is 4.74 Å². The molecule has 0 spiro atoms. The van der Waals surface area contributed by atoms with Crippen LogP contribution in [0.1, 0.15) is 5.56 Å². The molecule has 0 aliphatic carbocycles. The Bertz CT molecular complexity index is 285. The average molecular weight is 209 g/mol. The number of hydrogen-bond donors (Lipinski definition) is 0. The number of rotatable bonds is 5. The van der Waals surface area contributed by atoms with Crippen LogP contribution in [0.4, 0.5) is 4.39 Å². The van der Waals surface area contributed by atoms with E-state index in [0.29, 0.717) is 0 Å². The SMILES string of the molecule is FCCOC1CN(Cc2ccccc2)C1. The molecule has 0 amide bonds. The van der Waals surface area contributed by atoms with Crippen molar-refractivity contribution in [3.63, 3.8) is 0 Å². The number of ether oxygens (including phenoxy) is 1. The van der Waals surface area contributed by atoms with E-state index in [-0.39, 0.29) is 19.4 Å². The summed E-state index contributed by atoms with van der Waals surface area (Å²) in [5, 5.41) is 0. The summed E-state index contributed by atoms with van der Waals surface area (Å²) in [6.07, 6.45) is 0.240. The summed E-state index contributed by atoms with van der Waals surface area (Å²) < 4.78 is 17.1. The minimum atomic E-state index is -0.380. The first-order valence-electron chi connectivity index (χ1n) is 5.32. The summed E-state index contributed by atoms with van der Waals surface area (Å²) >= 11 is 0. The van der Waals surface area contributed by atoms with Gasteiger partial charge in [0.25, 0.3) is 0 Å². The molecule has 0 bridgehead atoms. The van der Waals surface area contributed by atoms with E-state index in [9.17, 15) is 4.39 Å². The Hall–Kier alpha value is -0.930. The van der Waals surface area contributed by atoms with Crippen molar-refractivity contribution >= 4 is 0 Å². The van der Waals surface area contributed by atoms with Crippen molar-refractivity contribution in [1.29, 1.82) is 0 Å². The number of nitrogens with zero attached hydrogens (tertiary/aromatic N) is 1. The maximum atomic E-state index is 11.8. The maximum absolute atomic E-state index is 11.8. The number of hydrogen-bond acceptors (Lipinski definition) is 2. The highest BCUT2D eigenvalue weighted by atomic mass is 19.1. The third kappa shape index (κ3) is 3.01. The first-order valence-corrected chi connectivity index (χ1v) is 5.32. The van der Waals surface area contributed by atoms with Crippen LogP contribution in [-0.2, 0) is 11.3 Å². The quantitative estimate of drug-likeness (QED) is 0.734. The standard InChI is InChI=1S/C12H16FNO/c13-6-7-15-12-9-14(10-12)8-11-4-2-1-3-5-11/h1-5,12H,6-10H2. The molecule has 1 heterocycles. The Balaban J connectivity index is 1.68. The molecule has 1 aliphatic rings. The van der Waals surface area contributed by atoms with E-state index in [1.54, 1.807) is 0 Å². The Morgan fingerprint density at radius 1 is 1.27 bits per heavy atom. The Kier molecular flexibility index (Phi) is 3.69. The number of likely N-dealkylation sites (tertiary alicyclic amines) is 1. The third-order valence-electron chi connectivity index (χ3n) is 2.60. The van der Waals surface area contributed by atoms with Gasteiger partial charge in [-0.25, -0.2) is 4.39 Å². The lowest BCUT2D eigenvalue weighted by molar-refractivity contribution is -0.0608. The van der Waals surface area contributed by atoms with Gasteiger partial charge in [0.15, 0.2) is 0 Å². The molecular formula is C12H16FNO. The zero-order valence-electron chi connectivity index (χ0n) is 8.73. The summed E-state index contributed by atoms with van der Waals surface area (Å²) in [6, 6.07) is 10.4. The van der Waals surface area contributed by atoms with Gasteiger partial charge in [-0.3, -0.25) is 4.90 Å². The largest absolute Gasteiger partial charge is 0.373 e. The van der Waals surface area contributed by atoms with Crippen molar-refractivity contribution in [2.75, 3.05) is 26.4 Å². The highest BCUT2D eigenvalue weighted by molar-refractivity contribution is 5.14. The lowest BCUT2D eigenvalue weighted by Crippen LogP contribution is -2.51. The first kappa shape index (κ1) is 10.6. The number of alkyl halides is 1. The molecule has 1 fully saturated rings. The average Bonchev–Trinajstić information content (AvgIpc) is 2.23. The normalized spacial score (nSPS) is 17.7. The second-order valence-electron chi connectivity index (χ2n) is 3.86. The fraction of sp³-hybridized carbons (Fsp3) is 0.500. The smallest absolute Gasteiger partial charge is 0.113 e. The molecule has 1 saturated heterocycles. The van der Waals surface area contributed by atoms with Crippen LogP contribution in [-0.4, -0.2) is 37.4 Å². The minimum Gasteiger partial charge on any atom is -0.373 e. The van der Waals surface area contributed by atoms with E-state index in [1.807, 2.05) is 18.2 Å². The lowest BCUT2D eigenvalue weighted by Gasteiger charge is -2.38. The van der Waals surface area contributed by atoms with Crippen LogP contribution in [0.2, 0.25) is 0 Å². The molecule has 0 unspecified atom stereocenters. The molecule has 82 valence electrons. The fourth-order valence-electron chi connectivity index (χ4n) is 1.81. The van der Waals surface area contributed by atoms with Gasteiger partial charge in [0.1, 0.15) is 6.67 Å². The van der Waals surface area contributed by atoms with E-state index in [0.717, 1.165) is 19.6 Å². The van der Waals surface area contributed by atoms with Crippen molar-refractivity contribution < 1.29 is 9.13 Å². The molecule has 0 N–H and O–H groups in total. The van der Waals surface area contributed by atoms with E-state index in [2.05, 4.69) is 17.0 Å². The lowest BCUT2D eigenvalue weighted by atomic mass is 10.1. The van der Waals surface area contributed by atoms with Crippen LogP contribution in [0, 0.1) is 0 Å². The van der Waals surface area contributed by atoms with Crippen LogP contribution < -0.4 is 0 Å². The molecule has 15 heavy (non-hydrogen) atoms. The zero-order valence-corrected chi connectivity index (χ0v) is 8.73. The second-order valence-corrected chi connectivity index (χ2v) is 3.86. The Labute approximate surface area is 89.7 Å². The summed E-state index contributed by atoms with van der Waals surface area (Å²) in [7, 11) is 0. The molecule has 1 aromatic carbocycles. The van der Waals surface area contributed by atoms with Crippen LogP contribution in [0.15, 0.2) is 30.3 Å². The van der Waals surface area contributed by atoms with Gasteiger partial charge in [-0.05, 0) is 5.56 Å². The van der Waals surface area contributed by atoms with Gasteiger partial charge in [-0.2, -0.15) is 0 Å². The summed E-state index contributed by atoms with van der Waals surface area (Å²) in [5.74, 6) is 0. The highest BCUT2D eigenvalue weighted by Crippen LogP contribution is 2.15. The zero-order chi connectivity index (χ0) is 10.5. The fourth-order valence-corrected chi connectivity index (χ4v) is 1.81. The maximum Gasteiger partial charge on any atom is 0.113 e. The van der Waals surface area contributed by atoms with Crippen molar-refractivity contribution in [3.05, 3.63) is 35.9 Å². The van der Waals surface area contributed by atoms with Gasteiger partial charge in [-0.15, -0.1) is 0 Å². The Morgan fingerprint density at radius 3 is 2.67 bits per heavy atom. The molecule has 3 heteroatoms. The molecule has 0 saturated carbocycles. The molecule has 2 nitrogen and oxygen atoms in total. The predicted octanol–water partition coefficient (Wildman–Crippen LogP) is 1.86. The van der Waals surface area contributed by atoms with Crippen molar-refractivity contribution in [1.82, 2.24) is 4.90 Å². The topological polar surface area (TPSA) is 12.5 Å². The molecule has 1 aromatic rings. The van der Waals surface area contributed by atoms with Crippen LogP contribution in [0.25, 0.3) is 0 Å². The van der Waals surface area contributed by atoms with Gasteiger partial charge in [-0.1, -0.05) is 30.3 Å². The molecule has 0 radical (unpaired) electrons. The highest BCUT2D eigenvalue weighted by Gasteiger charge is 2.26. The summed E-state index contributed by atoms with van der Waals surface area (Å²) in [6.45, 7) is 2.68. The molecule has 1 aliphatic heterocycles. The van der Waals surface area contributed by atoms with Crippen LogP contribution >= 0.6 is 0 Å². The second kappa shape index (κ2) is 5.24. The number of benzene rings is 1. The van der Waals surface area contributed by atoms with E-state index in [1.165, 1.54) is 5.56 Å². The van der Waals surface area contributed by atoms with Crippen molar-refractivity contribution in [2.45, 2.75) is 12.6 Å². The molecule has 0 atom stereocenters. The monoisotopic (exact) mass is 209 g/mol. The van der Waals surface area contributed by atoms with E-state index < -0.39 is 0 Å². The summed E-state index contributed by atoms with van der Waals surface area (Å²) in [4.78, 5) is 2.30. The van der Waals surface area contributed by atoms with Crippen LogP contribution in [0.3, 0.4) is 0 Å².